The number of carbonyl (C=O) groups is 2. The van der Waals surface area contributed by atoms with E-state index < -0.39 is 27.3 Å². The Labute approximate surface area is 140 Å². The Bertz CT molecular complexity index is 725. The van der Waals surface area contributed by atoms with Crippen LogP contribution in [0.1, 0.15) is 23.2 Å². The monoisotopic (exact) mass is 356 g/mol. The number of carboxylic acid groups (broad SMARTS) is 1. The molecule has 132 valence electrons. The van der Waals surface area contributed by atoms with Crippen LogP contribution in [0.5, 0.6) is 0 Å². The third kappa shape index (κ3) is 4.45. The smallest absolute Gasteiger partial charge is 0.311 e. The van der Waals surface area contributed by atoms with E-state index in [0.29, 0.717) is 26.1 Å². The van der Waals surface area contributed by atoms with Gasteiger partial charge >= 0.3 is 5.97 Å². The molecule has 3 N–H and O–H groups in total. The quantitative estimate of drug-likeness (QED) is 0.689. The number of aliphatic carboxylic acids is 1. The van der Waals surface area contributed by atoms with Crippen molar-refractivity contribution in [2.24, 2.45) is 5.41 Å². The summed E-state index contributed by atoms with van der Waals surface area (Å²) in [7, 11) is -3.53. The van der Waals surface area contributed by atoms with Gasteiger partial charge in [0.2, 0.25) is 10.0 Å². The Morgan fingerprint density at radius 3 is 2.46 bits per heavy atom. The van der Waals surface area contributed by atoms with Gasteiger partial charge in [-0.25, -0.2) is 8.42 Å². The molecule has 0 saturated carbocycles. The number of anilines is 1. The molecule has 0 aromatic heterocycles. The van der Waals surface area contributed by atoms with Crippen LogP contribution in [0, 0.1) is 5.41 Å². The molecule has 1 aromatic carbocycles. The van der Waals surface area contributed by atoms with E-state index in [9.17, 15) is 23.1 Å². The molecule has 8 nitrogen and oxygen atoms in total. The molecule has 1 aliphatic heterocycles. The highest BCUT2D eigenvalue weighted by Crippen LogP contribution is 2.30. The Morgan fingerprint density at radius 2 is 1.88 bits per heavy atom. The molecule has 1 heterocycles. The lowest BCUT2D eigenvalue weighted by atomic mass is 9.80. The number of sulfonamides is 1. The van der Waals surface area contributed by atoms with Crippen molar-refractivity contribution in [3.05, 3.63) is 29.8 Å². The number of ether oxygens (including phenoxy) is 1. The summed E-state index contributed by atoms with van der Waals surface area (Å²) in [5.74, 6) is -1.51. The fourth-order valence-corrected chi connectivity index (χ4v) is 3.12. The number of para-hydroxylation sites is 1. The summed E-state index contributed by atoms with van der Waals surface area (Å²) >= 11 is 0. The summed E-state index contributed by atoms with van der Waals surface area (Å²) in [5.41, 5.74) is -0.781. The van der Waals surface area contributed by atoms with Crippen LogP contribution in [0.15, 0.2) is 24.3 Å². The van der Waals surface area contributed by atoms with E-state index in [2.05, 4.69) is 10.0 Å². The molecule has 0 aliphatic carbocycles. The van der Waals surface area contributed by atoms with Crippen LogP contribution in [0.25, 0.3) is 0 Å². The third-order valence-corrected chi connectivity index (χ3v) is 4.55. The molecule has 24 heavy (non-hydrogen) atoms. The molecule has 1 amide bonds. The maximum atomic E-state index is 12.4. The highest BCUT2D eigenvalue weighted by Gasteiger charge is 2.40. The van der Waals surface area contributed by atoms with Crippen molar-refractivity contribution in [1.82, 2.24) is 5.32 Å². The van der Waals surface area contributed by atoms with Crippen molar-refractivity contribution >= 4 is 27.6 Å². The third-order valence-electron chi connectivity index (χ3n) is 3.96. The van der Waals surface area contributed by atoms with Gasteiger partial charge in [-0.15, -0.1) is 0 Å². The minimum Gasteiger partial charge on any atom is -0.481 e. The lowest BCUT2D eigenvalue weighted by molar-refractivity contribution is -0.154. The number of rotatable bonds is 6. The number of nitrogens with one attached hydrogen (secondary N) is 2. The first-order valence-corrected chi connectivity index (χ1v) is 9.29. The molecule has 1 fully saturated rings. The summed E-state index contributed by atoms with van der Waals surface area (Å²) in [5, 5.41) is 12.1. The van der Waals surface area contributed by atoms with Gasteiger partial charge in [0, 0.05) is 19.8 Å². The van der Waals surface area contributed by atoms with Crippen molar-refractivity contribution in [1.29, 1.82) is 0 Å². The van der Waals surface area contributed by atoms with Gasteiger partial charge in [-0.1, -0.05) is 12.1 Å². The molecule has 0 atom stereocenters. The molecule has 0 bridgehead atoms. The average molecular weight is 356 g/mol. The second-order valence-corrected chi connectivity index (χ2v) is 7.55. The van der Waals surface area contributed by atoms with E-state index in [1.165, 1.54) is 12.1 Å². The molecular weight excluding hydrogens is 336 g/mol. The molecule has 2 rings (SSSR count). The normalized spacial score (nSPS) is 17.0. The Balaban J connectivity index is 2.14. The van der Waals surface area contributed by atoms with Crippen LogP contribution < -0.4 is 10.0 Å². The summed E-state index contributed by atoms with van der Waals surface area (Å²) in [4.78, 5) is 24.0. The molecule has 9 heteroatoms. The Kier molecular flexibility index (Phi) is 5.45. The van der Waals surface area contributed by atoms with Crippen LogP contribution in [0.4, 0.5) is 5.69 Å². The van der Waals surface area contributed by atoms with Crippen LogP contribution in [0.2, 0.25) is 0 Å². The maximum absolute atomic E-state index is 12.4. The zero-order chi connectivity index (χ0) is 17.8. The Morgan fingerprint density at radius 1 is 1.25 bits per heavy atom. The van der Waals surface area contributed by atoms with Gasteiger partial charge in [0.05, 0.1) is 22.9 Å². The number of hydrogen-bond donors (Lipinski definition) is 3. The van der Waals surface area contributed by atoms with E-state index in [-0.39, 0.29) is 17.8 Å². The van der Waals surface area contributed by atoms with Crippen molar-refractivity contribution in [3.8, 4) is 0 Å². The molecule has 0 unspecified atom stereocenters. The van der Waals surface area contributed by atoms with Crippen molar-refractivity contribution in [3.63, 3.8) is 0 Å². The highest BCUT2D eigenvalue weighted by molar-refractivity contribution is 7.92. The first-order valence-electron chi connectivity index (χ1n) is 7.40. The summed E-state index contributed by atoms with van der Waals surface area (Å²) in [6, 6.07) is 6.14. The van der Waals surface area contributed by atoms with Gasteiger partial charge in [-0.2, -0.15) is 0 Å². The molecule has 0 spiro atoms. The summed E-state index contributed by atoms with van der Waals surface area (Å²) in [6.07, 6.45) is 1.61. The van der Waals surface area contributed by atoms with Gasteiger partial charge in [0.15, 0.2) is 0 Å². The lowest BCUT2D eigenvalue weighted by Crippen LogP contribution is -2.46. The first kappa shape index (κ1) is 18.2. The van der Waals surface area contributed by atoms with Gasteiger partial charge in [0.25, 0.3) is 5.91 Å². The summed E-state index contributed by atoms with van der Waals surface area (Å²) in [6.45, 7) is 0.612. The van der Waals surface area contributed by atoms with Crippen LogP contribution in [-0.4, -0.2) is 51.4 Å². The minimum atomic E-state index is -3.53. The topological polar surface area (TPSA) is 122 Å². The molecule has 1 aromatic rings. The van der Waals surface area contributed by atoms with Crippen LogP contribution in [0.3, 0.4) is 0 Å². The van der Waals surface area contributed by atoms with Gasteiger partial charge in [0.1, 0.15) is 0 Å². The predicted octanol–water partition coefficient (Wildman–Crippen LogP) is 0.669. The second-order valence-electron chi connectivity index (χ2n) is 5.80. The second kappa shape index (κ2) is 7.18. The standard InChI is InChI=1S/C15H20N2O6S/c1-24(21,22)17-12-5-3-2-4-11(12)13(18)16-10-15(14(19)20)6-8-23-9-7-15/h2-5,17H,6-10H2,1H3,(H,16,18)(H,19,20). The van der Waals surface area contributed by atoms with Crippen molar-refractivity contribution in [2.75, 3.05) is 30.7 Å². The van der Waals surface area contributed by atoms with Crippen molar-refractivity contribution in [2.45, 2.75) is 12.8 Å². The molecule has 1 aliphatic rings. The molecule has 1 saturated heterocycles. The van der Waals surface area contributed by atoms with Gasteiger partial charge in [-0.05, 0) is 25.0 Å². The number of benzene rings is 1. The highest BCUT2D eigenvalue weighted by atomic mass is 32.2. The first-order chi connectivity index (χ1) is 11.2. The fraction of sp³-hybridized carbons (Fsp3) is 0.467. The van der Waals surface area contributed by atoms with E-state index >= 15 is 0 Å². The minimum absolute atomic E-state index is 0.0439. The molecule has 0 radical (unpaired) electrons. The maximum Gasteiger partial charge on any atom is 0.311 e. The zero-order valence-corrected chi connectivity index (χ0v) is 14.1. The largest absolute Gasteiger partial charge is 0.481 e. The van der Waals surface area contributed by atoms with E-state index in [1.807, 2.05) is 0 Å². The zero-order valence-electron chi connectivity index (χ0n) is 13.2. The molecular formula is C15H20N2O6S. The number of carboxylic acids is 1. The number of amides is 1. The van der Waals surface area contributed by atoms with Gasteiger partial charge < -0.3 is 15.2 Å². The average Bonchev–Trinajstić information content (AvgIpc) is 2.52. The number of hydrogen-bond acceptors (Lipinski definition) is 5. The van der Waals surface area contributed by atoms with Crippen LogP contribution in [-0.2, 0) is 19.6 Å². The van der Waals surface area contributed by atoms with E-state index in [4.69, 9.17) is 4.74 Å². The Hall–Kier alpha value is -2.13. The predicted molar refractivity (Wildman–Crippen MR) is 87.4 cm³/mol. The fourth-order valence-electron chi connectivity index (χ4n) is 2.54. The van der Waals surface area contributed by atoms with E-state index in [1.54, 1.807) is 12.1 Å². The lowest BCUT2D eigenvalue weighted by Gasteiger charge is -2.33. The van der Waals surface area contributed by atoms with Crippen LogP contribution >= 0.6 is 0 Å². The number of carbonyl (C=O) groups excluding carboxylic acids is 1. The van der Waals surface area contributed by atoms with E-state index in [0.717, 1.165) is 6.26 Å². The SMILES string of the molecule is CS(=O)(=O)Nc1ccccc1C(=O)NCC1(C(=O)O)CCOCC1. The van der Waals surface area contributed by atoms with Gasteiger partial charge in [-0.3, -0.25) is 14.3 Å². The van der Waals surface area contributed by atoms with Crippen molar-refractivity contribution < 1.29 is 27.9 Å². The summed E-state index contributed by atoms with van der Waals surface area (Å²) < 4.78 is 30.2.